The molecule has 0 N–H and O–H groups in total. The number of aromatic nitrogens is 5. The fourth-order valence-electron chi connectivity index (χ4n) is 3.66. The van der Waals surface area contributed by atoms with Crippen LogP contribution in [0.5, 0.6) is 5.75 Å². The summed E-state index contributed by atoms with van der Waals surface area (Å²) in [5, 5.41) is 13.9. The predicted octanol–water partition coefficient (Wildman–Crippen LogP) is 5.91. The van der Waals surface area contributed by atoms with Crippen LogP contribution in [0.2, 0.25) is 0 Å². The minimum atomic E-state index is 0.485. The van der Waals surface area contributed by atoms with E-state index < -0.39 is 0 Å². The summed E-state index contributed by atoms with van der Waals surface area (Å²) in [6, 6.07) is 26.3. The van der Waals surface area contributed by atoms with E-state index in [0.717, 1.165) is 28.0 Å². The van der Waals surface area contributed by atoms with Crippen molar-refractivity contribution >= 4 is 11.8 Å². The Hall–Kier alpha value is -3.91. The zero-order valence-corrected chi connectivity index (χ0v) is 20.4. The summed E-state index contributed by atoms with van der Waals surface area (Å²) in [6.07, 6.45) is 0.685. The first-order valence-electron chi connectivity index (χ1n) is 11.4. The molecular formula is C27H25N5O2S. The van der Waals surface area contributed by atoms with E-state index in [4.69, 9.17) is 9.26 Å². The highest BCUT2D eigenvalue weighted by Gasteiger charge is 2.17. The molecule has 0 amide bonds. The van der Waals surface area contributed by atoms with Crippen molar-refractivity contribution < 1.29 is 9.26 Å². The average Bonchev–Trinajstić information content (AvgIpc) is 3.52. The van der Waals surface area contributed by atoms with E-state index >= 15 is 0 Å². The third kappa shape index (κ3) is 5.44. The number of thioether (sulfide) groups is 1. The lowest BCUT2D eigenvalue weighted by molar-refractivity contribution is 0.340. The third-order valence-corrected chi connectivity index (χ3v) is 6.33. The van der Waals surface area contributed by atoms with Gasteiger partial charge in [0.25, 0.3) is 0 Å². The molecule has 0 saturated carbocycles. The van der Waals surface area contributed by atoms with E-state index in [-0.39, 0.29) is 0 Å². The van der Waals surface area contributed by atoms with Crippen LogP contribution in [-0.4, -0.2) is 31.5 Å². The maximum Gasteiger partial charge on any atom is 0.237 e. The summed E-state index contributed by atoms with van der Waals surface area (Å²) in [5.41, 5.74) is 4.28. The van der Waals surface area contributed by atoms with Gasteiger partial charge in [0.15, 0.2) is 5.16 Å². The number of benzene rings is 3. The maximum absolute atomic E-state index is 5.51. The number of nitrogens with zero attached hydrogens (tertiary/aromatic N) is 5. The summed E-state index contributed by atoms with van der Waals surface area (Å²) >= 11 is 1.52. The molecule has 0 aliphatic rings. The van der Waals surface area contributed by atoms with E-state index in [1.165, 1.54) is 22.9 Å². The van der Waals surface area contributed by atoms with Gasteiger partial charge in [-0.2, -0.15) is 4.98 Å². The van der Waals surface area contributed by atoms with Gasteiger partial charge in [-0.15, -0.1) is 10.2 Å². The molecule has 5 rings (SSSR count). The highest BCUT2D eigenvalue weighted by atomic mass is 32.2. The first kappa shape index (κ1) is 22.9. The van der Waals surface area contributed by atoms with Gasteiger partial charge in [0.1, 0.15) is 11.6 Å². The number of rotatable bonds is 9. The van der Waals surface area contributed by atoms with Crippen molar-refractivity contribution in [3.05, 3.63) is 102 Å². The van der Waals surface area contributed by atoms with Gasteiger partial charge < -0.3 is 9.26 Å². The van der Waals surface area contributed by atoms with Gasteiger partial charge in [-0.1, -0.05) is 64.9 Å². The standard InChI is InChI=1S/C27H25N5O2S/c1-3-33-23-15-11-21(12-16-23)26-28-25(34-31-26)18-35-27-30-29-24(17-20-7-5-4-6-8-20)32(27)22-13-9-19(2)10-14-22/h4-16H,3,17-18H2,1-2H3. The van der Waals surface area contributed by atoms with Crippen LogP contribution < -0.4 is 4.74 Å². The maximum atomic E-state index is 5.51. The molecule has 0 aliphatic carbocycles. The first-order valence-corrected chi connectivity index (χ1v) is 12.4. The van der Waals surface area contributed by atoms with Crippen LogP contribution in [0.3, 0.4) is 0 Å². The van der Waals surface area contributed by atoms with Gasteiger partial charge in [0.2, 0.25) is 11.7 Å². The molecule has 0 aliphatic heterocycles. The van der Waals surface area contributed by atoms with E-state index in [9.17, 15) is 0 Å². The van der Waals surface area contributed by atoms with E-state index in [2.05, 4.69) is 68.2 Å². The van der Waals surface area contributed by atoms with Crippen molar-refractivity contribution in [1.29, 1.82) is 0 Å². The predicted molar refractivity (Wildman–Crippen MR) is 136 cm³/mol. The molecule has 0 bridgehead atoms. The summed E-state index contributed by atoms with van der Waals surface area (Å²) in [5.74, 6) is 3.26. The number of hydrogen-bond donors (Lipinski definition) is 0. The SMILES string of the molecule is CCOc1ccc(-c2noc(CSc3nnc(Cc4ccccc4)n3-c3ccc(C)cc3)n2)cc1. The Morgan fingerprint density at radius 1 is 0.914 bits per heavy atom. The molecular weight excluding hydrogens is 458 g/mol. The Balaban J connectivity index is 1.36. The van der Waals surface area contributed by atoms with Crippen molar-refractivity contribution in [2.24, 2.45) is 0 Å². The number of aryl methyl sites for hydroxylation is 1. The van der Waals surface area contributed by atoms with Crippen molar-refractivity contribution in [2.45, 2.75) is 31.2 Å². The van der Waals surface area contributed by atoms with Crippen molar-refractivity contribution in [2.75, 3.05) is 6.61 Å². The molecule has 35 heavy (non-hydrogen) atoms. The molecule has 0 atom stereocenters. The molecule has 3 aromatic carbocycles. The molecule has 0 radical (unpaired) electrons. The Morgan fingerprint density at radius 2 is 1.69 bits per heavy atom. The second kappa shape index (κ2) is 10.6. The van der Waals surface area contributed by atoms with Gasteiger partial charge >= 0.3 is 0 Å². The van der Waals surface area contributed by atoms with Crippen molar-refractivity contribution in [1.82, 2.24) is 24.9 Å². The smallest absolute Gasteiger partial charge is 0.237 e. The van der Waals surface area contributed by atoms with Gasteiger partial charge in [0, 0.05) is 17.7 Å². The monoisotopic (exact) mass is 483 g/mol. The lowest BCUT2D eigenvalue weighted by atomic mass is 10.1. The van der Waals surface area contributed by atoms with Crippen LogP contribution in [-0.2, 0) is 12.2 Å². The largest absolute Gasteiger partial charge is 0.494 e. The summed E-state index contributed by atoms with van der Waals surface area (Å²) in [6.45, 7) is 4.67. The zero-order chi connectivity index (χ0) is 24.0. The highest BCUT2D eigenvalue weighted by Crippen LogP contribution is 2.27. The Morgan fingerprint density at radius 3 is 2.43 bits per heavy atom. The summed E-state index contributed by atoms with van der Waals surface area (Å²) in [4.78, 5) is 4.56. The molecule has 0 spiro atoms. The number of hydrogen-bond acceptors (Lipinski definition) is 7. The van der Waals surface area contributed by atoms with Gasteiger partial charge in [0.05, 0.1) is 12.4 Å². The Labute approximate surface area is 208 Å². The van der Waals surface area contributed by atoms with Crippen LogP contribution in [0, 0.1) is 6.92 Å². The van der Waals surface area contributed by atoms with Crippen LogP contribution in [0.15, 0.2) is 88.5 Å². The lowest BCUT2D eigenvalue weighted by Crippen LogP contribution is -2.04. The third-order valence-electron chi connectivity index (χ3n) is 5.41. The van der Waals surface area contributed by atoms with Crippen LogP contribution in [0.4, 0.5) is 0 Å². The molecule has 8 heteroatoms. The Kier molecular flexibility index (Phi) is 6.90. The minimum Gasteiger partial charge on any atom is -0.494 e. The summed E-state index contributed by atoms with van der Waals surface area (Å²) < 4.78 is 13.1. The van der Waals surface area contributed by atoms with Crippen LogP contribution in [0.1, 0.15) is 29.8 Å². The molecule has 2 aromatic heterocycles. The molecule has 176 valence electrons. The molecule has 5 aromatic rings. The van der Waals surface area contributed by atoms with E-state index in [0.29, 0.717) is 30.5 Å². The summed E-state index contributed by atoms with van der Waals surface area (Å²) in [7, 11) is 0. The van der Waals surface area contributed by atoms with Crippen LogP contribution >= 0.6 is 11.8 Å². The van der Waals surface area contributed by atoms with Crippen molar-refractivity contribution in [3.63, 3.8) is 0 Å². The quantitative estimate of drug-likeness (QED) is 0.241. The van der Waals surface area contributed by atoms with Gasteiger partial charge in [-0.25, -0.2) is 0 Å². The fraction of sp³-hybridized carbons (Fsp3) is 0.185. The molecule has 0 saturated heterocycles. The molecule has 7 nitrogen and oxygen atoms in total. The minimum absolute atomic E-state index is 0.485. The first-order chi connectivity index (χ1) is 17.2. The van der Waals surface area contributed by atoms with E-state index in [1.54, 1.807) is 0 Å². The molecule has 0 fully saturated rings. The normalized spacial score (nSPS) is 11.0. The molecule has 0 unspecified atom stereocenters. The van der Waals surface area contributed by atoms with Crippen LogP contribution in [0.25, 0.3) is 17.1 Å². The van der Waals surface area contributed by atoms with Gasteiger partial charge in [-0.05, 0) is 55.8 Å². The second-order valence-corrected chi connectivity index (χ2v) is 8.93. The molecule has 2 heterocycles. The fourth-order valence-corrected chi connectivity index (χ4v) is 4.47. The Bertz CT molecular complexity index is 1380. The average molecular weight is 484 g/mol. The second-order valence-electron chi connectivity index (χ2n) is 7.99. The topological polar surface area (TPSA) is 78.9 Å². The highest BCUT2D eigenvalue weighted by molar-refractivity contribution is 7.98. The number of ether oxygens (including phenoxy) is 1. The van der Waals surface area contributed by atoms with Crippen molar-refractivity contribution in [3.8, 4) is 22.8 Å². The van der Waals surface area contributed by atoms with Gasteiger partial charge in [-0.3, -0.25) is 4.57 Å². The van der Waals surface area contributed by atoms with E-state index in [1.807, 2.05) is 49.4 Å². The zero-order valence-electron chi connectivity index (χ0n) is 19.6. The lowest BCUT2D eigenvalue weighted by Gasteiger charge is -2.10.